The first-order chi connectivity index (χ1) is 10.5. The van der Waals surface area contributed by atoms with Gasteiger partial charge in [0, 0.05) is 23.0 Å². The summed E-state index contributed by atoms with van der Waals surface area (Å²) in [6.07, 6.45) is 4.74. The molecule has 118 valence electrons. The van der Waals surface area contributed by atoms with Gasteiger partial charge in [-0.3, -0.25) is 9.59 Å². The minimum absolute atomic E-state index is 0.122. The monoisotopic (exact) mass is 300 g/mol. The van der Waals surface area contributed by atoms with Gasteiger partial charge in [0.1, 0.15) is 0 Å². The quantitative estimate of drug-likeness (QED) is 0.858. The van der Waals surface area contributed by atoms with Crippen molar-refractivity contribution in [2.75, 3.05) is 0 Å². The molecule has 2 N–H and O–H groups in total. The van der Waals surface area contributed by atoms with Gasteiger partial charge in [-0.15, -0.1) is 0 Å². The minimum atomic E-state index is -0.169. The topological polar surface area (TPSA) is 62.0 Å². The molecule has 1 aromatic heterocycles. The number of nitrogens with one attached hydrogen (secondary N) is 2. The average molecular weight is 300 g/mol. The highest BCUT2D eigenvalue weighted by molar-refractivity contribution is 6.06. The summed E-state index contributed by atoms with van der Waals surface area (Å²) in [4.78, 5) is 26.9. The van der Waals surface area contributed by atoms with E-state index in [2.05, 4.69) is 24.1 Å². The predicted molar refractivity (Wildman–Crippen MR) is 90.2 cm³/mol. The summed E-state index contributed by atoms with van der Waals surface area (Å²) in [6.45, 7) is 6.43. The van der Waals surface area contributed by atoms with E-state index in [1.165, 1.54) is 12.6 Å². The molecule has 0 saturated heterocycles. The Bertz CT molecular complexity index is 704. The van der Waals surface area contributed by atoms with Crippen molar-refractivity contribution < 1.29 is 4.79 Å². The lowest BCUT2D eigenvalue weighted by molar-refractivity contribution is 0.0939. The van der Waals surface area contributed by atoms with Gasteiger partial charge in [0.2, 0.25) is 0 Å². The highest BCUT2D eigenvalue weighted by atomic mass is 16.2. The molecule has 0 aliphatic carbocycles. The van der Waals surface area contributed by atoms with E-state index in [1.54, 1.807) is 12.1 Å². The number of benzene rings is 1. The molecule has 0 radical (unpaired) electrons. The van der Waals surface area contributed by atoms with E-state index < -0.39 is 0 Å². The largest absolute Gasteiger partial charge is 0.350 e. The third kappa shape index (κ3) is 3.97. The molecule has 0 fully saturated rings. The van der Waals surface area contributed by atoms with Crippen LogP contribution >= 0.6 is 0 Å². The van der Waals surface area contributed by atoms with E-state index in [1.807, 2.05) is 19.1 Å². The fourth-order valence-corrected chi connectivity index (χ4v) is 2.60. The number of aromatic amines is 1. The molecule has 0 aliphatic heterocycles. The predicted octanol–water partition coefficient (Wildman–Crippen LogP) is 3.47. The van der Waals surface area contributed by atoms with Crippen LogP contribution in [0.2, 0.25) is 0 Å². The summed E-state index contributed by atoms with van der Waals surface area (Å²) < 4.78 is 0. The molecule has 0 saturated carbocycles. The molecule has 4 nitrogen and oxygen atoms in total. The first-order valence-corrected chi connectivity index (χ1v) is 7.90. The SMILES string of the molecule is CC(C)CCC[C@H](C)NC(=O)c1c[nH]c(=O)c2ccccc12. The smallest absolute Gasteiger partial charge is 0.255 e. The number of hydrogen-bond acceptors (Lipinski definition) is 2. The summed E-state index contributed by atoms with van der Waals surface area (Å²) >= 11 is 0. The van der Waals surface area contributed by atoms with Crippen LogP contribution in [0.25, 0.3) is 10.8 Å². The highest BCUT2D eigenvalue weighted by Gasteiger charge is 2.14. The van der Waals surface area contributed by atoms with Gasteiger partial charge in [0.05, 0.1) is 5.56 Å². The fourth-order valence-electron chi connectivity index (χ4n) is 2.60. The third-order valence-electron chi connectivity index (χ3n) is 3.85. The molecular formula is C18H24N2O2. The Morgan fingerprint density at radius 3 is 2.50 bits per heavy atom. The van der Waals surface area contributed by atoms with E-state index in [4.69, 9.17) is 0 Å². The summed E-state index contributed by atoms with van der Waals surface area (Å²) in [5, 5.41) is 4.26. The van der Waals surface area contributed by atoms with Crippen molar-refractivity contribution in [3.63, 3.8) is 0 Å². The second-order valence-electron chi connectivity index (χ2n) is 6.28. The number of aromatic nitrogens is 1. The maximum absolute atomic E-state index is 12.4. The van der Waals surface area contributed by atoms with Crippen LogP contribution < -0.4 is 10.9 Å². The number of carbonyl (C=O) groups is 1. The van der Waals surface area contributed by atoms with Crippen LogP contribution in [0.4, 0.5) is 0 Å². The number of pyridine rings is 1. The maximum atomic E-state index is 12.4. The number of H-pyrrole nitrogens is 1. The van der Waals surface area contributed by atoms with Gasteiger partial charge in [0.25, 0.3) is 11.5 Å². The summed E-state index contributed by atoms with van der Waals surface area (Å²) in [5.74, 6) is 0.551. The molecule has 0 unspecified atom stereocenters. The Morgan fingerprint density at radius 1 is 1.14 bits per heavy atom. The molecule has 1 heterocycles. The fraction of sp³-hybridized carbons (Fsp3) is 0.444. The van der Waals surface area contributed by atoms with Crippen molar-refractivity contribution in [1.29, 1.82) is 0 Å². The second kappa shape index (κ2) is 7.25. The van der Waals surface area contributed by atoms with Crippen molar-refractivity contribution in [3.8, 4) is 0 Å². The van der Waals surface area contributed by atoms with E-state index >= 15 is 0 Å². The van der Waals surface area contributed by atoms with Crippen LogP contribution in [-0.2, 0) is 0 Å². The molecule has 1 atom stereocenters. The molecule has 2 rings (SSSR count). The standard InChI is InChI=1S/C18H24N2O2/c1-12(2)7-6-8-13(3)20-18(22)16-11-19-17(21)15-10-5-4-9-14(15)16/h4-5,9-13H,6-8H2,1-3H3,(H,19,21)(H,20,22)/t13-/m0/s1. The highest BCUT2D eigenvalue weighted by Crippen LogP contribution is 2.15. The molecule has 1 aromatic carbocycles. The Balaban J connectivity index is 2.10. The molecule has 0 spiro atoms. The van der Waals surface area contributed by atoms with Gasteiger partial charge < -0.3 is 10.3 Å². The van der Waals surface area contributed by atoms with E-state index in [0.29, 0.717) is 22.3 Å². The number of hydrogen-bond donors (Lipinski definition) is 2. The molecule has 1 amide bonds. The maximum Gasteiger partial charge on any atom is 0.255 e. The summed E-state index contributed by atoms with van der Waals surface area (Å²) in [6, 6.07) is 7.30. The molecule has 0 bridgehead atoms. The molecule has 0 aliphatic rings. The zero-order valence-electron chi connectivity index (χ0n) is 13.5. The molecule has 4 heteroatoms. The lowest BCUT2D eigenvalue weighted by atomic mass is 10.0. The average Bonchev–Trinajstić information content (AvgIpc) is 2.47. The van der Waals surface area contributed by atoms with Crippen molar-refractivity contribution >= 4 is 16.7 Å². The van der Waals surface area contributed by atoms with Crippen LogP contribution in [0, 0.1) is 5.92 Å². The van der Waals surface area contributed by atoms with Crippen LogP contribution in [0.3, 0.4) is 0 Å². The number of rotatable bonds is 6. The molecular weight excluding hydrogens is 276 g/mol. The number of fused-ring (bicyclic) bond motifs is 1. The lowest BCUT2D eigenvalue weighted by Gasteiger charge is -2.15. The van der Waals surface area contributed by atoms with Gasteiger partial charge in [-0.05, 0) is 25.3 Å². The normalized spacial score (nSPS) is 12.5. The second-order valence-corrected chi connectivity index (χ2v) is 6.28. The van der Waals surface area contributed by atoms with Gasteiger partial charge in [0.15, 0.2) is 0 Å². The van der Waals surface area contributed by atoms with Crippen LogP contribution in [0.5, 0.6) is 0 Å². The van der Waals surface area contributed by atoms with E-state index in [0.717, 1.165) is 12.8 Å². The van der Waals surface area contributed by atoms with Crippen LogP contribution in [0.1, 0.15) is 50.4 Å². The van der Waals surface area contributed by atoms with Gasteiger partial charge in [-0.2, -0.15) is 0 Å². The zero-order chi connectivity index (χ0) is 16.1. The lowest BCUT2D eigenvalue weighted by Crippen LogP contribution is -2.33. The number of carbonyl (C=O) groups excluding carboxylic acids is 1. The Morgan fingerprint density at radius 2 is 1.82 bits per heavy atom. The van der Waals surface area contributed by atoms with Gasteiger partial charge in [-0.1, -0.05) is 44.9 Å². The summed E-state index contributed by atoms with van der Waals surface area (Å²) in [7, 11) is 0. The van der Waals surface area contributed by atoms with Gasteiger partial charge in [-0.25, -0.2) is 0 Å². The molecule has 2 aromatic rings. The first kappa shape index (κ1) is 16.3. The Labute approximate surface area is 130 Å². The van der Waals surface area contributed by atoms with Crippen molar-refractivity contribution in [1.82, 2.24) is 10.3 Å². The minimum Gasteiger partial charge on any atom is -0.350 e. The Kier molecular flexibility index (Phi) is 5.36. The zero-order valence-corrected chi connectivity index (χ0v) is 13.5. The van der Waals surface area contributed by atoms with Crippen molar-refractivity contribution in [3.05, 3.63) is 46.4 Å². The van der Waals surface area contributed by atoms with E-state index in [-0.39, 0.29) is 17.5 Å². The Hall–Kier alpha value is -2.10. The van der Waals surface area contributed by atoms with Gasteiger partial charge >= 0.3 is 0 Å². The van der Waals surface area contributed by atoms with Crippen LogP contribution in [0.15, 0.2) is 35.3 Å². The first-order valence-electron chi connectivity index (χ1n) is 7.90. The van der Waals surface area contributed by atoms with Crippen LogP contribution in [-0.4, -0.2) is 16.9 Å². The summed E-state index contributed by atoms with van der Waals surface area (Å²) in [5.41, 5.74) is 0.350. The van der Waals surface area contributed by atoms with E-state index in [9.17, 15) is 9.59 Å². The third-order valence-corrected chi connectivity index (χ3v) is 3.85. The van der Waals surface area contributed by atoms with Crippen molar-refractivity contribution in [2.45, 2.75) is 46.1 Å². The molecule has 22 heavy (non-hydrogen) atoms. The number of amides is 1. The van der Waals surface area contributed by atoms with Crippen molar-refractivity contribution in [2.24, 2.45) is 5.92 Å².